The summed E-state index contributed by atoms with van der Waals surface area (Å²) in [7, 11) is 0. The third-order valence-electron chi connectivity index (χ3n) is 2.48. The van der Waals surface area contributed by atoms with Crippen molar-refractivity contribution in [3.63, 3.8) is 0 Å². The van der Waals surface area contributed by atoms with Crippen LogP contribution in [0.5, 0.6) is 5.75 Å². The molecular weight excluding hydrogens is 269 g/mol. The van der Waals surface area contributed by atoms with E-state index in [-0.39, 0.29) is 28.9 Å². The molecule has 0 aliphatic rings. The zero-order valence-corrected chi connectivity index (χ0v) is 10.6. The Balaban J connectivity index is 2.03. The van der Waals surface area contributed by atoms with Crippen LogP contribution >= 0.6 is 11.6 Å². The lowest BCUT2D eigenvalue weighted by molar-refractivity contribution is -0.115. The molecule has 3 nitrogen and oxygen atoms in total. The second-order valence-corrected chi connectivity index (χ2v) is 4.43. The molecule has 0 atom stereocenters. The molecular formula is C14H11ClFNO2. The van der Waals surface area contributed by atoms with Crippen LogP contribution in [0.15, 0.2) is 42.5 Å². The molecule has 0 aliphatic heterocycles. The van der Waals surface area contributed by atoms with Crippen molar-refractivity contribution >= 4 is 23.2 Å². The van der Waals surface area contributed by atoms with Gasteiger partial charge in [-0.1, -0.05) is 23.7 Å². The average molecular weight is 280 g/mol. The van der Waals surface area contributed by atoms with Crippen LogP contribution in [0.4, 0.5) is 10.1 Å². The highest BCUT2D eigenvalue weighted by Crippen LogP contribution is 2.26. The third kappa shape index (κ3) is 3.69. The number of carbonyl (C=O) groups is 1. The second-order valence-electron chi connectivity index (χ2n) is 4.02. The van der Waals surface area contributed by atoms with Crippen LogP contribution in [0, 0.1) is 5.82 Å². The van der Waals surface area contributed by atoms with Crippen LogP contribution in [0.3, 0.4) is 0 Å². The fourth-order valence-corrected chi connectivity index (χ4v) is 1.75. The van der Waals surface area contributed by atoms with Gasteiger partial charge in [-0.3, -0.25) is 4.79 Å². The van der Waals surface area contributed by atoms with Crippen molar-refractivity contribution in [1.82, 2.24) is 0 Å². The van der Waals surface area contributed by atoms with Gasteiger partial charge in [-0.15, -0.1) is 0 Å². The minimum absolute atomic E-state index is 0.0567. The van der Waals surface area contributed by atoms with Gasteiger partial charge in [0.25, 0.3) is 0 Å². The predicted molar refractivity (Wildman–Crippen MR) is 71.9 cm³/mol. The Hall–Kier alpha value is -2.07. The number of hydrogen-bond acceptors (Lipinski definition) is 2. The summed E-state index contributed by atoms with van der Waals surface area (Å²) in [5.41, 5.74) is 1.01. The summed E-state index contributed by atoms with van der Waals surface area (Å²) < 4.78 is 13.0. The van der Waals surface area contributed by atoms with Crippen LogP contribution in [0.2, 0.25) is 5.02 Å². The first-order chi connectivity index (χ1) is 9.04. The second kappa shape index (κ2) is 5.71. The molecule has 0 heterocycles. The van der Waals surface area contributed by atoms with Gasteiger partial charge in [0.15, 0.2) is 0 Å². The topological polar surface area (TPSA) is 49.3 Å². The van der Waals surface area contributed by atoms with Crippen LogP contribution in [-0.2, 0) is 11.2 Å². The van der Waals surface area contributed by atoms with E-state index >= 15 is 0 Å². The summed E-state index contributed by atoms with van der Waals surface area (Å²) in [6.45, 7) is 0. The lowest BCUT2D eigenvalue weighted by Crippen LogP contribution is -2.14. The van der Waals surface area contributed by atoms with Gasteiger partial charge in [-0.25, -0.2) is 4.39 Å². The van der Waals surface area contributed by atoms with Crippen LogP contribution < -0.4 is 5.32 Å². The van der Waals surface area contributed by atoms with Crippen molar-refractivity contribution < 1.29 is 14.3 Å². The Morgan fingerprint density at radius 2 is 2.05 bits per heavy atom. The van der Waals surface area contributed by atoms with Gasteiger partial charge in [0, 0.05) is 11.8 Å². The minimum atomic E-state index is -0.380. The van der Waals surface area contributed by atoms with Gasteiger partial charge in [0.05, 0.1) is 11.4 Å². The Bertz CT molecular complexity index is 616. The number of phenolic OH excluding ortho intramolecular Hbond substituents is 1. The predicted octanol–water partition coefficient (Wildman–Crippen LogP) is 3.37. The fourth-order valence-electron chi connectivity index (χ4n) is 1.63. The summed E-state index contributed by atoms with van der Waals surface area (Å²) in [5.74, 6) is -0.785. The van der Waals surface area contributed by atoms with E-state index in [1.807, 2.05) is 0 Å². The van der Waals surface area contributed by atoms with Crippen LogP contribution in [0.25, 0.3) is 0 Å². The highest BCUT2D eigenvalue weighted by Gasteiger charge is 2.06. The van der Waals surface area contributed by atoms with E-state index < -0.39 is 0 Å². The first-order valence-corrected chi connectivity index (χ1v) is 5.95. The molecule has 2 aromatic rings. The number of carbonyl (C=O) groups excluding carboxylic acids is 1. The molecule has 0 unspecified atom stereocenters. The molecule has 98 valence electrons. The third-order valence-corrected chi connectivity index (χ3v) is 2.80. The number of phenols is 1. The number of halogens is 2. The zero-order chi connectivity index (χ0) is 13.8. The van der Waals surface area contributed by atoms with Crippen LogP contribution in [-0.4, -0.2) is 11.0 Å². The SMILES string of the molecule is O=C(Cc1cccc(F)c1)Nc1ccc(Cl)c(O)c1. The smallest absolute Gasteiger partial charge is 0.228 e. The van der Waals surface area contributed by atoms with Crippen molar-refractivity contribution in [2.24, 2.45) is 0 Å². The van der Waals surface area contributed by atoms with Crippen molar-refractivity contribution in [2.75, 3.05) is 5.32 Å². The summed E-state index contributed by atoms with van der Waals surface area (Å²) >= 11 is 5.66. The lowest BCUT2D eigenvalue weighted by Gasteiger charge is -2.06. The number of rotatable bonds is 3. The summed E-state index contributed by atoms with van der Waals surface area (Å²) in [6, 6.07) is 10.2. The Morgan fingerprint density at radius 1 is 1.26 bits per heavy atom. The molecule has 0 spiro atoms. The number of benzene rings is 2. The first kappa shape index (κ1) is 13.4. The maximum Gasteiger partial charge on any atom is 0.228 e. The molecule has 2 rings (SSSR count). The van der Waals surface area contributed by atoms with Gasteiger partial charge in [-0.05, 0) is 29.8 Å². The van der Waals surface area contributed by atoms with E-state index in [0.29, 0.717) is 11.3 Å². The maximum absolute atomic E-state index is 13.0. The van der Waals surface area contributed by atoms with E-state index in [1.54, 1.807) is 18.2 Å². The number of amides is 1. The number of hydrogen-bond donors (Lipinski definition) is 2. The average Bonchev–Trinajstić information content (AvgIpc) is 2.34. The van der Waals surface area contributed by atoms with Crippen molar-refractivity contribution in [3.8, 4) is 5.75 Å². The van der Waals surface area contributed by atoms with Gasteiger partial charge in [-0.2, -0.15) is 0 Å². The van der Waals surface area contributed by atoms with Gasteiger partial charge >= 0.3 is 0 Å². The van der Waals surface area contributed by atoms with Crippen molar-refractivity contribution in [3.05, 3.63) is 58.9 Å². The molecule has 0 saturated heterocycles. The van der Waals surface area contributed by atoms with Gasteiger partial charge in [0.1, 0.15) is 11.6 Å². The molecule has 0 bridgehead atoms. The van der Waals surface area contributed by atoms with E-state index in [1.165, 1.54) is 24.3 Å². The Kier molecular flexibility index (Phi) is 4.02. The molecule has 1 amide bonds. The Morgan fingerprint density at radius 3 is 2.74 bits per heavy atom. The lowest BCUT2D eigenvalue weighted by atomic mass is 10.1. The molecule has 0 aromatic heterocycles. The van der Waals surface area contributed by atoms with E-state index in [4.69, 9.17) is 11.6 Å². The molecule has 0 fully saturated rings. The quantitative estimate of drug-likeness (QED) is 0.905. The highest BCUT2D eigenvalue weighted by molar-refractivity contribution is 6.32. The largest absolute Gasteiger partial charge is 0.506 e. The number of anilines is 1. The monoisotopic (exact) mass is 279 g/mol. The van der Waals surface area contributed by atoms with E-state index in [2.05, 4.69) is 5.32 Å². The molecule has 0 aliphatic carbocycles. The summed E-state index contributed by atoms with van der Waals surface area (Å²) in [5, 5.41) is 12.2. The zero-order valence-electron chi connectivity index (χ0n) is 9.86. The highest BCUT2D eigenvalue weighted by atomic mass is 35.5. The molecule has 2 N–H and O–H groups in total. The molecule has 0 radical (unpaired) electrons. The summed E-state index contributed by atoms with van der Waals surface area (Å²) in [4.78, 5) is 11.7. The number of nitrogens with one attached hydrogen (secondary N) is 1. The normalized spacial score (nSPS) is 10.2. The standard InChI is InChI=1S/C14H11ClFNO2/c15-12-5-4-11(8-13(12)18)17-14(19)7-9-2-1-3-10(16)6-9/h1-6,8,18H,7H2,(H,17,19). The van der Waals surface area contributed by atoms with Gasteiger partial charge < -0.3 is 10.4 Å². The van der Waals surface area contributed by atoms with Crippen LogP contribution in [0.1, 0.15) is 5.56 Å². The molecule has 5 heteroatoms. The fraction of sp³-hybridized carbons (Fsp3) is 0.0714. The first-order valence-electron chi connectivity index (χ1n) is 5.57. The molecule has 19 heavy (non-hydrogen) atoms. The van der Waals surface area contributed by atoms with Gasteiger partial charge in [0.2, 0.25) is 5.91 Å². The Labute approximate surface area is 114 Å². The van der Waals surface area contributed by atoms with E-state index in [0.717, 1.165) is 0 Å². The molecule has 0 saturated carbocycles. The summed E-state index contributed by atoms with van der Waals surface area (Å²) in [6.07, 6.45) is 0.0567. The van der Waals surface area contributed by atoms with E-state index in [9.17, 15) is 14.3 Å². The minimum Gasteiger partial charge on any atom is -0.506 e. The van der Waals surface area contributed by atoms with Crippen molar-refractivity contribution in [2.45, 2.75) is 6.42 Å². The molecule has 2 aromatic carbocycles. The number of aromatic hydroxyl groups is 1. The van der Waals surface area contributed by atoms with Crippen molar-refractivity contribution in [1.29, 1.82) is 0 Å². The maximum atomic E-state index is 13.0.